The van der Waals surface area contributed by atoms with Crippen molar-refractivity contribution in [3.63, 3.8) is 0 Å². The smallest absolute Gasteiger partial charge is 0.300 e. The van der Waals surface area contributed by atoms with Gasteiger partial charge in [0.2, 0.25) is 5.91 Å². The van der Waals surface area contributed by atoms with E-state index in [-0.39, 0.29) is 17.9 Å². The van der Waals surface area contributed by atoms with E-state index in [1.54, 1.807) is 21.5 Å². The number of rotatable bonds is 4. The maximum absolute atomic E-state index is 13.0. The summed E-state index contributed by atoms with van der Waals surface area (Å²) >= 11 is 3.26. The molecule has 27 heavy (non-hydrogen) atoms. The molecule has 0 saturated carbocycles. The van der Waals surface area contributed by atoms with E-state index in [1.807, 2.05) is 6.92 Å². The van der Waals surface area contributed by atoms with E-state index in [4.69, 9.17) is 0 Å². The third kappa shape index (κ3) is 2.99. The van der Waals surface area contributed by atoms with Crippen LogP contribution < -0.4 is 10.9 Å². The Morgan fingerprint density at radius 1 is 1.33 bits per heavy atom. The monoisotopic (exact) mass is 433 g/mol. The van der Waals surface area contributed by atoms with Crippen LogP contribution in [-0.2, 0) is 17.9 Å². The van der Waals surface area contributed by atoms with Gasteiger partial charge in [0.15, 0.2) is 11.2 Å². The Hall–Kier alpha value is -3.08. The van der Waals surface area contributed by atoms with Gasteiger partial charge in [-0.15, -0.1) is 0 Å². The minimum atomic E-state index is -0.494. The van der Waals surface area contributed by atoms with Gasteiger partial charge < -0.3 is 9.88 Å². The Kier molecular flexibility index (Phi) is 4.22. The number of hydrogen-bond donors (Lipinski definition) is 1. The highest BCUT2D eigenvalue weighted by atomic mass is 79.9. The van der Waals surface area contributed by atoms with E-state index in [2.05, 4.69) is 36.3 Å². The van der Waals surface area contributed by atoms with Gasteiger partial charge in [0.25, 0.3) is 0 Å². The van der Waals surface area contributed by atoms with Crippen LogP contribution in [-0.4, -0.2) is 34.6 Å². The SMILES string of the molecule is CCn1cnc2c1c(=O)n1nc(Br)cc1n2CC(=O)Nc1ccc(F)cn1. The summed E-state index contributed by atoms with van der Waals surface area (Å²) in [6.07, 6.45) is 2.57. The van der Waals surface area contributed by atoms with Gasteiger partial charge >= 0.3 is 5.56 Å². The summed E-state index contributed by atoms with van der Waals surface area (Å²) in [4.78, 5) is 33.4. The third-order valence-corrected chi connectivity index (χ3v) is 4.43. The maximum atomic E-state index is 13.0. The summed E-state index contributed by atoms with van der Waals surface area (Å²) in [6, 6.07) is 4.20. The normalized spacial score (nSPS) is 11.4. The largest absolute Gasteiger partial charge is 0.325 e. The van der Waals surface area contributed by atoms with E-state index < -0.39 is 11.7 Å². The van der Waals surface area contributed by atoms with Gasteiger partial charge in [0.1, 0.15) is 28.4 Å². The Balaban J connectivity index is 1.80. The van der Waals surface area contributed by atoms with Crippen LogP contribution in [0.25, 0.3) is 16.8 Å². The molecule has 4 aromatic heterocycles. The number of carbonyl (C=O) groups excluding carboxylic acids is 1. The summed E-state index contributed by atoms with van der Waals surface area (Å²) in [7, 11) is 0. The third-order valence-electron chi connectivity index (χ3n) is 4.04. The van der Waals surface area contributed by atoms with Gasteiger partial charge in [-0.1, -0.05) is 0 Å². The molecule has 0 aliphatic carbocycles. The average molecular weight is 434 g/mol. The molecule has 0 bridgehead atoms. The lowest BCUT2D eigenvalue weighted by atomic mass is 10.4. The lowest BCUT2D eigenvalue weighted by Crippen LogP contribution is -2.25. The molecule has 4 rings (SSSR count). The molecule has 11 heteroatoms. The molecule has 0 aromatic carbocycles. The first-order valence-corrected chi connectivity index (χ1v) is 8.81. The minimum Gasteiger partial charge on any atom is -0.325 e. The molecule has 0 spiro atoms. The van der Waals surface area contributed by atoms with Crippen molar-refractivity contribution >= 4 is 44.5 Å². The first-order chi connectivity index (χ1) is 13.0. The van der Waals surface area contributed by atoms with Crippen LogP contribution in [0, 0.1) is 5.82 Å². The molecule has 4 aromatic rings. The summed E-state index contributed by atoms with van der Waals surface area (Å²) in [5.74, 6) is -0.668. The fourth-order valence-corrected chi connectivity index (χ4v) is 3.22. The molecule has 9 nitrogen and oxygen atoms in total. The molecule has 0 radical (unpaired) electrons. The number of pyridine rings is 1. The molecule has 0 aliphatic rings. The van der Waals surface area contributed by atoms with Crippen LogP contribution in [0.5, 0.6) is 0 Å². The predicted octanol–water partition coefficient (Wildman–Crippen LogP) is 1.80. The molecule has 138 valence electrons. The zero-order valence-corrected chi connectivity index (χ0v) is 15.6. The highest BCUT2D eigenvalue weighted by molar-refractivity contribution is 9.10. The van der Waals surface area contributed by atoms with Crippen LogP contribution in [0.1, 0.15) is 6.92 Å². The van der Waals surface area contributed by atoms with Crippen molar-refractivity contribution in [1.29, 1.82) is 0 Å². The van der Waals surface area contributed by atoms with Gasteiger partial charge in [-0.2, -0.15) is 9.61 Å². The standard InChI is InChI=1S/C16H13BrFN7O2/c1-2-23-8-20-15-14(23)16(27)25-13(5-10(17)22-25)24(15)7-12(26)21-11-4-3-9(18)6-19-11/h3-6,8H,2,7H2,1H3,(H,19,21,26). The number of fused-ring (bicyclic) bond motifs is 2. The van der Waals surface area contributed by atoms with Crippen LogP contribution in [0.2, 0.25) is 0 Å². The number of aromatic nitrogens is 6. The van der Waals surface area contributed by atoms with Gasteiger partial charge in [0.05, 0.1) is 12.5 Å². The summed E-state index contributed by atoms with van der Waals surface area (Å²) < 4.78 is 17.9. The second-order valence-corrected chi connectivity index (χ2v) is 6.55. The van der Waals surface area contributed by atoms with Gasteiger partial charge in [-0.25, -0.2) is 14.4 Å². The molecule has 1 amide bonds. The number of aryl methyl sites for hydroxylation is 1. The average Bonchev–Trinajstić information content (AvgIpc) is 3.24. The first-order valence-electron chi connectivity index (χ1n) is 8.02. The zero-order chi connectivity index (χ0) is 19.1. The highest BCUT2D eigenvalue weighted by Crippen LogP contribution is 2.17. The fraction of sp³-hybridized carbons (Fsp3) is 0.188. The quantitative estimate of drug-likeness (QED) is 0.528. The second-order valence-electron chi connectivity index (χ2n) is 5.74. The molecular formula is C16H13BrFN7O2. The van der Waals surface area contributed by atoms with Crippen molar-refractivity contribution in [2.24, 2.45) is 0 Å². The van der Waals surface area contributed by atoms with E-state index in [0.717, 1.165) is 6.20 Å². The van der Waals surface area contributed by atoms with Crippen LogP contribution >= 0.6 is 15.9 Å². The van der Waals surface area contributed by atoms with Crippen molar-refractivity contribution in [2.75, 3.05) is 5.32 Å². The number of anilines is 1. The van der Waals surface area contributed by atoms with Gasteiger partial charge in [-0.3, -0.25) is 14.2 Å². The Morgan fingerprint density at radius 3 is 2.85 bits per heavy atom. The van der Waals surface area contributed by atoms with Crippen LogP contribution in [0.4, 0.5) is 10.2 Å². The molecule has 0 unspecified atom stereocenters. The number of amides is 1. The van der Waals surface area contributed by atoms with Gasteiger partial charge in [0, 0.05) is 12.6 Å². The number of imidazole rings is 1. The molecule has 0 atom stereocenters. The topological polar surface area (TPSA) is 99.1 Å². The molecule has 0 saturated heterocycles. The van der Waals surface area contributed by atoms with Gasteiger partial charge in [-0.05, 0) is 35.0 Å². The minimum absolute atomic E-state index is 0.127. The summed E-state index contributed by atoms with van der Waals surface area (Å²) in [6.45, 7) is 2.31. The van der Waals surface area contributed by atoms with E-state index in [1.165, 1.54) is 16.6 Å². The zero-order valence-electron chi connectivity index (χ0n) is 14.1. The number of nitrogens with one attached hydrogen (secondary N) is 1. The molecular weight excluding hydrogens is 421 g/mol. The van der Waals surface area contributed by atoms with E-state index in [9.17, 15) is 14.0 Å². The molecule has 0 fully saturated rings. The number of nitrogens with zero attached hydrogens (tertiary/aromatic N) is 6. The maximum Gasteiger partial charge on any atom is 0.300 e. The summed E-state index contributed by atoms with van der Waals surface area (Å²) in [5, 5.41) is 6.75. The molecule has 1 N–H and O–H groups in total. The Bertz CT molecular complexity index is 1230. The molecule has 0 aliphatic heterocycles. The van der Waals surface area contributed by atoms with Crippen molar-refractivity contribution in [1.82, 2.24) is 28.7 Å². The second kappa shape index (κ2) is 6.58. The van der Waals surface area contributed by atoms with Crippen molar-refractivity contribution in [2.45, 2.75) is 20.0 Å². The Labute approximate surface area is 159 Å². The van der Waals surface area contributed by atoms with Crippen LogP contribution in [0.15, 0.2) is 40.1 Å². The predicted molar refractivity (Wildman–Crippen MR) is 98.9 cm³/mol. The van der Waals surface area contributed by atoms with Crippen molar-refractivity contribution in [3.05, 3.63) is 51.5 Å². The fourth-order valence-electron chi connectivity index (χ4n) is 2.85. The summed E-state index contributed by atoms with van der Waals surface area (Å²) in [5.41, 5.74) is 0.835. The lowest BCUT2D eigenvalue weighted by Gasteiger charge is -2.11. The lowest BCUT2D eigenvalue weighted by molar-refractivity contribution is -0.116. The van der Waals surface area contributed by atoms with Crippen LogP contribution in [0.3, 0.4) is 0 Å². The van der Waals surface area contributed by atoms with E-state index in [0.29, 0.717) is 28.0 Å². The number of hydrogen-bond acceptors (Lipinski definition) is 5. The number of halogens is 2. The van der Waals surface area contributed by atoms with E-state index >= 15 is 0 Å². The molecule has 4 heterocycles. The number of carbonyl (C=O) groups is 1. The first kappa shape index (κ1) is 17.3. The Morgan fingerprint density at radius 2 is 2.15 bits per heavy atom. The van der Waals surface area contributed by atoms with Crippen molar-refractivity contribution in [3.8, 4) is 0 Å². The highest BCUT2D eigenvalue weighted by Gasteiger charge is 2.19. The van der Waals surface area contributed by atoms with Crippen molar-refractivity contribution < 1.29 is 9.18 Å².